The van der Waals surface area contributed by atoms with E-state index in [-0.39, 0.29) is 6.04 Å². The van der Waals surface area contributed by atoms with Gasteiger partial charge in [0.2, 0.25) is 0 Å². The van der Waals surface area contributed by atoms with Crippen LogP contribution in [0.4, 0.5) is 0 Å². The largest absolute Gasteiger partial charge is 0.496 e. The minimum atomic E-state index is 0.0159. The molecule has 0 saturated heterocycles. The van der Waals surface area contributed by atoms with Crippen molar-refractivity contribution in [2.45, 2.75) is 33.2 Å². The van der Waals surface area contributed by atoms with Crippen molar-refractivity contribution in [1.82, 2.24) is 15.3 Å². The maximum absolute atomic E-state index is 5.66. The van der Waals surface area contributed by atoms with Gasteiger partial charge in [-0.1, -0.05) is 19.1 Å². The van der Waals surface area contributed by atoms with E-state index in [9.17, 15) is 0 Å². The molecule has 21 heavy (non-hydrogen) atoms. The summed E-state index contributed by atoms with van der Waals surface area (Å²) in [6.45, 7) is 7.27. The number of rotatable bonds is 6. The van der Waals surface area contributed by atoms with Gasteiger partial charge >= 0.3 is 0 Å². The van der Waals surface area contributed by atoms with Gasteiger partial charge in [0.15, 0.2) is 0 Å². The Bertz CT molecular complexity index is 584. The second-order valence-electron chi connectivity index (χ2n) is 5.15. The first kappa shape index (κ1) is 15.4. The molecule has 112 valence electrons. The van der Waals surface area contributed by atoms with Crippen LogP contribution in [-0.4, -0.2) is 23.6 Å². The fourth-order valence-electron chi connectivity index (χ4n) is 2.44. The lowest BCUT2D eigenvalue weighted by molar-refractivity contribution is 0.399. The summed E-state index contributed by atoms with van der Waals surface area (Å²) in [4.78, 5) is 8.41. The number of nitrogens with zero attached hydrogens (tertiary/aromatic N) is 2. The smallest absolute Gasteiger partial charge is 0.127 e. The molecule has 0 aliphatic rings. The minimum absolute atomic E-state index is 0.0159. The molecule has 1 atom stereocenters. The highest BCUT2D eigenvalue weighted by atomic mass is 16.5. The van der Waals surface area contributed by atoms with Crippen LogP contribution in [0.15, 0.2) is 30.7 Å². The third-order valence-corrected chi connectivity index (χ3v) is 3.72. The summed E-state index contributed by atoms with van der Waals surface area (Å²) in [5, 5.41) is 3.55. The predicted octanol–water partition coefficient (Wildman–Crippen LogP) is 3.19. The standard InChI is InChI=1S/C17H23N3O/c1-5-9-19-16(15-8-10-18-11-20-15)14-7-6-12(2)13(3)17(14)21-4/h6-8,10-11,16,19H,5,9H2,1-4H3. The number of nitrogens with one attached hydrogen (secondary N) is 1. The fourth-order valence-corrected chi connectivity index (χ4v) is 2.44. The highest BCUT2D eigenvalue weighted by Crippen LogP contribution is 2.33. The summed E-state index contributed by atoms with van der Waals surface area (Å²) < 4.78 is 5.66. The molecule has 4 heteroatoms. The van der Waals surface area contributed by atoms with E-state index in [1.54, 1.807) is 19.6 Å². The molecule has 0 saturated carbocycles. The first-order valence-electron chi connectivity index (χ1n) is 7.32. The van der Waals surface area contributed by atoms with Gasteiger partial charge in [0, 0.05) is 11.8 Å². The van der Waals surface area contributed by atoms with E-state index in [4.69, 9.17) is 4.74 Å². The Kier molecular flexibility index (Phi) is 5.28. The molecule has 0 fully saturated rings. The van der Waals surface area contributed by atoms with Crippen molar-refractivity contribution in [3.63, 3.8) is 0 Å². The van der Waals surface area contributed by atoms with Gasteiger partial charge in [0.1, 0.15) is 12.1 Å². The molecule has 1 aromatic heterocycles. The first-order valence-corrected chi connectivity index (χ1v) is 7.32. The Morgan fingerprint density at radius 2 is 2.05 bits per heavy atom. The van der Waals surface area contributed by atoms with Gasteiger partial charge in [-0.15, -0.1) is 0 Å². The quantitative estimate of drug-likeness (QED) is 0.885. The molecule has 1 N–H and O–H groups in total. The third-order valence-electron chi connectivity index (χ3n) is 3.72. The Labute approximate surface area is 126 Å². The molecular weight excluding hydrogens is 262 g/mol. The number of hydrogen-bond acceptors (Lipinski definition) is 4. The summed E-state index contributed by atoms with van der Waals surface area (Å²) in [7, 11) is 1.72. The first-order chi connectivity index (χ1) is 10.2. The van der Waals surface area contributed by atoms with E-state index in [0.29, 0.717) is 0 Å². The zero-order valence-corrected chi connectivity index (χ0v) is 13.2. The number of hydrogen-bond donors (Lipinski definition) is 1. The highest BCUT2D eigenvalue weighted by Gasteiger charge is 2.20. The average Bonchev–Trinajstić information content (AvgIpc) is 2.52. The van der Waals surface area contributed by atoms with E-state index < -0.39 is 0 Å². The molecule has 4 nitrogen and oxygen atoms in total. The van der Waals surface area contributed by atoms with Gasteiger partial charge < -0.3 is 10.1 Å². The van der Waals surface area contributed by atoms with Gasteiger partial charge in [-0.2, -0.15) is 0 Å². The molecule has 0 aliphatic carbocycles. The zero-order chi connectivity index (χ0) is 15.2. The number of aryl methyl sites for hydroxylation is 1. The van der Waals surface area contributed by atoms with E-state index in [1.165, 1.54) is 11.1 Å². The molecule has 2 aromatic rings. The monoisotopic (exact) mass is 285 g/mol. The summed E-state index contributed by atoms with van der Waals surface area (Å²) in [6.07, 6.45) is 4.43. The van der Waals surface area contributed by atoms with Crippen LogP contribution in [0.25, 0.3) is 0 Å². The molecule has 0 aliphatic heterocycles. The van der Waals surface area contributed by atoms with Gasteiger partial charge in [0.05, 0.1) is 18.8 Å². The van der Waals surface area contributed by atoms with Crippen molar-refractivity contribution < 1.29 is 4.74 Å². The van der Waals surface area contributed by atoms with Crippen LogP contribution in [0.5, 0.6) is 5.75 Å². The van der Waals surface area contributed by atoms with Crippen LogP contribution < -0.4 is 10.1 Å². The number of benzene rings is 1. The molecule has 0 radical (unpaired) electrons. The van der Waals surface area contributed by atoms with Crippen molar-refractivity contribution in [3.05, 3.63) is 53.1 Å². The van der Waals surface area contributed by atoms with Gasteiger partial charge in [-0.05, 0) is 44.0 Å². The van der Waals surface area contributed by atoms with Crippen LogP contribution in [0.2, 0.25) is 0 Å². The van der Waals surface area contributed by atoms with E-state index in [0.717, 1.165) is 30.0 Å². The van der Waals surface area contributed by atoms with Crippen molar-refractivity contribution in [2.24, 2.45) is 0 Å². The van der Waals surface area contributed by atoms with Crippen LogP contribution >= 0.6 is 0 Å². The number of ether oxygens (including phenoxy) is 1. The van der Waals surface area contributed by atoms with Crippen molar-refractivity contribution >= 4 is 0 Å². The molecule has 1 unspecified atom stereocenters. The van der Waals surface area contributed by atoms with Gasteiger partial charge in [-0.25, -0.2) is 9.97 Å². The molecule has 0 bridgehead atoms. The molecule has 2 rings (SSSR count). The van der Waals surface area contributed by atoms with Crippen LogP contribution in [-0.2, 0) is 0 Å². The summed E-state index contributed by atoms with van der Waals surface area (Å²) in [5.74, 6) is 0.933. The lowest BCUT2D eigenvalue weighted by Crippen LogP contribution is -2.25. The van der Waals surface area contributed by atoms with Gasteiger partial charge in [0.25, 0.3) is 0 Å². The Morgan fingerprint density at radius 3 is 2.67 bits per heavy atom. The third kappa shape index (κ3) is 3.39. The number of methoxy groups -OCH3 is 1. The Hall–Kier alpha value is -1.94. The maximum Gasteiger partial charge on any atom is 0.127 e. The van der Waals surface area contributed by atoms with Crippen LogP contribution in [0.1, 0.15) is 41.8 Å². The minimum Gasteiger partial charge on any atom is -0.496 e. The number of aromatic nitrogens is 2. The average molecular weight is 285 g/mol. The fraction of sp³-hybridized carbons (Fsp3) is 0.412. The zero-order valence-electron chi connectivity index (χ0n) is 13.2. The predicted molar refractivity (Wildman–Crippen MR) is 84.6 cm³/mol. The SMILES string of the molecule is CCCNC(c1ccncn1)c1ccc(C)c(C)c1OC. The lowest BCUT2D eigenvalue weighted by Gasteiger charge is -2.22. The van der Waals surface area contributed by atoms with E-state index in [2.05, 4.69) is 48.2 Å². The summed E-state index contributed by atoms with van der Waals surface area (Å²) in [6, 6.07) is 6.22. The van der Waals surface area contributed by atoms with Gasteiger partial charge in [-0.3, -0.25) is 0 Å². The van der Waals surface area contributed by atoms with E-state index >= 15 is 0 Å². The second kappa shape index (κ2) is 7.18. The van der Waals surface area contributed by atoms with Crippen molar-refractivity contribution in [3.8, 4) is 5.75 Å². The Morgan fingerprint density at radius 1 is 1.24 bits per heavy atom. The summed E-state index contributed by atoms with van der Waals surface area (Å²) >= 11 is 0. The second-order valence-corrected chi connectivity index (χ2v) is 5.15. The van der Waals surface area contributed by atoms with Crippen LogP contribution in [0, 0.1) is 13.8 Å². The van der Waals surface area contributed by atoms with Crippen molar-refractivity contribution in [2.75, 3.05) is 13.7 Å². The normalized spacial score (nSPS) is 12.2. The molecule has 1 heterocycles. The lowest BCUT2D eigenvalue weighted by atomic mass is 9.97. The van der Waals surface area contributed by atoms with Crippen molar-refractivity contribution in [1.29, 1.82) is 0 Å². The van der Waals surface area contributed by atoms with Crippen LogP contribution in [0.3, 0.4) is 0 Å². The molecular formula is C17H23N3O. The maximum atomic E-state index is 5.66. The Balaban J connectivity index is 2.49. The molecule has 0 amide bonds. The highest BCUT2D eigenvalue weighted by molar-refractivity contribution is 5.48. The topological polar surface area (TPSA) is 47.0 Å². The van der Waals surface area contributed by atoms with E-state index in [1.807, 2.05) is 6.07 Å². The molecule has 1 aromatic carbocycles. The summed E-state index contributed by atoms with van der Waals surface area (Å²) in [5.41, 5.74) is 4.48. The molecule has 0 spiro atoms.